The van der Waals surface area contributed by atoms with E-state index >= 15 is 0 Å². The summed E-state index contributed by atoms with van der Waals surface area (Å²) in [5.74, 6) is -1.42. The molecule has 1 aliphatic heterocycles. The summed E-state index contributed by atoms with van der Waals surface area (Å²) in [5.41, 5.74) is 10.2. The maximum absolute atomic E-state index is 14.3. The number of carbonyl (C=O) groups excluding carboxylic acids is 2. The van der Waals surface area contributed by atoms with Gasteiger partial charge in [0.25, 0.3) is 0 Å². The number of methoxy groups -OCH3 is 1. The van der Waals surface area contributed by atoms with Crippen LogP contribution < -0.4 is 13.9 Å². The summed E-state index contributed by atoms with van der Waals surface area (Å²) >= 11 is 0.857. The van der Waals surface area contributed by atoms with Crippen LogP contribution in [0.25, 0.3) is 10.4 Å². The van der Waals surface area contributed by atoms with Crippen molar-refractivity contribution in [1.82, 2.24) is 0 Å². The van der Waals surface area contributed by atoms with E-state index in [1.807, 2.05) is 70.2 Å². The molecule has 1 fully saturated rings. The molecule has 4 rings (SSSR count). The van der Waals surface area contributed by atoms with Crippen molar-refractivity contribution in [3.8, 4) is 11.5 Å². The third-order valence-corrected chi connectivity index (χ3v) is 14.8. The molecule has 3 aromatic rings. The molecule has 61 heavy (non-hydrogen) atoms. The van der Waals surface area contributed by atoms with E-state index < -0.39 is 44.1 Å². The van der Waals surface area contributed by atoms with Crippen molar-refractivity contribution < 1.29 is 46.9 Å². The predicted octanol–water partition coefficient (Wildman–Crippen LogP) is 9.49. The van der Waals surface area contributed by atoms with Crippen molar-refractivity contribution in [3.05, 3.63) is 112 Å². The van der Waals surface area contributed by atoms with Gasteiger partial charge < -0.3 is 0 Å². The number of benzene rings is 3. The molecule has 0 bridgehead atoms. The molecule has 0 aromatic heterocycles. The van der Waals surface area contributed by atoms with E-state index in [2.05, 4.69) is 41.8 Å². The van der Waals surface area contributed by atoms with Gasteiger partial charge in [0, 0.05) is 0 Å². The van der Waals surface area contributed by atoms with Gasteiger partial charge in [-0.05, 0) is 8.39 Å². The predicted molar refractivity (Wildman–Crippen MR) is 246 cm³/mol. The first-order valence-corrected chi connectivity index (χ1v) is 27.8. The van der Waals surface area contributed by atoms with Gasteiger partial charge in [0.05, 0.1) is 1.28 Å². The molecule has 1 aliphatic rings. The minimum absolute atomic E-state index is 0.0804. The molecule has 13 nitrogen and oxygen atoms in total. The van der Waals surface area contributed by atoms with Gasteiger partial charge >= 0.3 is 368 Å². The molecule has 1 saturated heterocycles. The molecule has 7 atom stereocenters. The number of rotatable bonds is 26. The standard InChI is InChI=1S/C44H60N3O10PSSeSi/c1-30(31(2)57-59-58)19-20-36(54-42(48)32-15-11-9-12-16-32)41-37(55-44(3,4)56-41)21-22-39(60-34-17-13-10-14-18-34)35-27-33(51-24-23-46-47-45)28-38(53-29-50-5)40(35)43(49)52-25-26-61(6,7)8/h9-20,27-28,30-31,36-37,39,41H,21-26,29,58H2,1-8H3/b20-19-/t30-,31+,36?,37-,39?,41?/m1/s1/i58T/t30-,31+,36?,37-,39?,41?,58?. The zero-order chi connectivity index (χ0) is 45.1. The summed E-state index contributed by atoms with van der Waals surface area (Å²) in [6, 6.07) is 23.2. The van der Waals surface area contributed by atoms with Gasteiger partial charge in [-0.3, -0.25) is 0 Å². The Bertz CT molecular complexity index is 1940. The van der Waals surface area contributed by atoms with Crippen molar-refractivity contribution in [3.63, 3.8) is 0 Å². The van der Waals surface area contributed by atoms with Crippen molar-refractivity contribution in [2.45, 2.75) is 101 Å². The Labute approximate surface area is 375 Å². The van der Waals surface area contributed by atoms with Crippen LogP contribution in [0.15, 0.2) is 90.1 Å². The zero-order valence-corrected chi connectivity index (χ0v) is 40.8. The van der Waals surface area contributed by atoms with E-state index in [0.717, 1.165) is 22.2 Å². The molecule has 17 heteroatoms. The monoisotopic (exact) mass is 963 g/mol. The number of hydrogen-bond acceptors (Lipinski definition) is 12. The Hall–Kier alpha value is -3.39. The van der Waals surface area contributed by atoms with Crippen LogP contribution in [0.5, 0.6) is 11.5 Å². The number of carbonyl (C=O) groups is 2. The first-order valence-electron chi connectivity index (χ1n) is 20.8. The number of nitrogens with zero attached hydrogens (tertiary/aromatic N) is 3. The first kappa shape index (κ1) is 48.6. The van der Waals surface area contributed by atoms with Crippen LogP contribution in [0.2, 0.25) is 25.7 Å². The van der Waals surface area contributed by atoms with Crippen molar-refractivity contribution in [2.75, 3.05) is 33.7 Å². The average Bonchev–Trinajstić information content (AvgIpc) is 3.56. The second-order valence-corrected chi connectivity index (χ2v) is 25.3. The van der Waals surface area contributed by atoms with Crippen molar-refractivity contribution in [2.24, 2.45) is 11.0 Å². The number of hydrogen-bond donors (Lipinski definition) is 0. The van der Waals surface area contributed by atoms with Crippen LogP contribution in [-0.2, 0) is 27.9 Å². The van der Waals surface area contributed by atoms with Crippen LogP contribution >= 0.6 is 20.0 Å². The molecule has 0 radical (unpaired) electrons. The molecule has 332 valence electrons. The summed E-state index contributed by atoms with van der Waals surface area (Å²) in [4.78, 5) is 30.5. The fourth-order valence-corrected chi connectivity index (χ4v) is 10.4. The summed E-state index contributed by atoms with van der Waals surface area (Å²) < 4.78 is 57.3. The van der Waals surface area contributed by atoms with Gasteiger partial charge in [-0.1, -0.05) is 0 Å². The van der Waals surface area contributed by atoms with Crippen LogP contribution in [0.4, 0.5) is 0 Å². The quantitative estimate of drug-likeness (QED) is 0.00722. The Morgan fingerprint density at radius 3 is 2.43 bits per heavy atom. The molecular weight excluding hydrogens is 901 g/mol. The summed E-state index contributed by atoms with van der Waals surface area (Å²) in [7, 11) is -0.196. The van der Waals surface area contributed by atoms with Gasteiger partial charge in [-0.2, -0.15) is 0 Å². The van der Waals surface area contributed by atoms with E-state index in [1.165, 1.54) is 7.11 Å². The second kappa shape index (κ2) is 25.0. The fourth-order valence-electron chi connectivity index (χ4n) is 6.38. The number of esters is 2. The molecule has 1 heterocycles. The molecule has 0 N–H and O–H groups in total. The molecule has 3 aromatic carbocycles. The van der Waals surface area contributed by atoms with E-state index in [9.17, 15) is 9.59 Å². The van der Waals surface area contributed by atoms with Gasteiger partial charge in [0.2, 0.25) is 0 Å². The molecule has 0 saturated carbocycles. The molecular formula is C44H60N3O10PSSeSi. The summed E-state index contributed by atoms with van der Waals surface area (Å²) in [5, 5.41) is 3.62. The van der Waals surface area contributed by atoms with Crippen molar-refractivity contribution >= 4 is 59.5 Å². The Morgan fingerprint density at radius 2 is 1.75 bits per heavy atom. The van der Waals surface area contributed by atoms with Crippen molar-refractivity contribution in [1.29, 1.82) is 1.28 Å². The van der Waals surface area contributed by atoms with Gasteiger partial charge in [0.15, 0.2) is 0 Å². The number of ether oxygens (including phenoxy) is 7. The Kier molecular flexibility index (Phi) is 20.0. The average molecular weight is 963 g/mol. The third kappa shape index (κ3) is 16.7. The van der Waals surface area contributed by atoms with Gasteiger partial charge in [-0.15, -0.1) is 0 Å². The van der Waals surface area contributed by atoms with E-state index in [-0.39, 0.29) is 78.0 Å². The molecule has 0 spiro atoms. The molecule has 4 unspecified atom stereocenters. The van der Waals surface area contributed by atoms with Crippen LogP contribution in [0, 0.1) is 5.92 Å². The first-order chi connectivity index (χ1) is 29.6. The van der Waals surface area contributed by atoms with Crippen LogP contribution in [0.1, 0.15) is 71.6 Å². The van der Waals surface area contributed by atoms with Crippen LogP contribution in [-0.4, -0.2) is 100 Å². The third-order valence-electron chi connectivity index (χ3n) is 9.68. The topological polar surface area (TPSA) is 157 Å². The molecule has 0 aliphatic carbocycles. The summed E-state index contributed by atoms with van der Waals surface area (Å²) in [6.07, 6.45) is 2.48. The van der Waals surface area contributed by atoms with Gasteiger partial charge in [0.1, 0.15) is 0 Å². The second-order valence-electron chi connectivity index (χ2n) is 16.2. The SMILES string of the molecule is [3H]PSO[C@@H](C)[C@H](C)/C=C\C(OC(=O)c1ccccc1)C1OC(C)(C)O[C@@H]1CCC([Se]c1ccccc1)c1cc(OCCN=[N+]=[N-])cc(OCOC)c1C(=O)OCC[Si](C)(C)C. The van der Waals surface area contributed by atoms with E-state index in [0.29, 0.717) is 29.7 Å². The Morgan fingerprint density at radius 1 is 1.03 bits per heavy atom. The minimum atomic E-state index is -1.54. The fraction of sp³-hybridized carbons (Fsp3) is 0.500. The molecule has 0 amide bonds. The summed E-state index contributed by atoms with van der Waals surface area (Å²) in [6.45, 7) is 14.6. The van der Waals surface area contributed by atoms with E-state index in [1.54, 1.807) is 30.3 Å². The van der Waals surface area contributed by atoms with Crippen LogP contribution in [0.3, 0.4) is 0 Å². The number of azide groups is 1. The maximum atomic E-state index is 14.3. The Balaban J connectivity index is 1.79. The zero-order valence-electron chi connectivity index (χ0n) is 37.2. The normalized spacial score (nSPS) is 18.5. The van der Waals surface area contributed by atoms with Gasteiger partial charge in [-0.25, -0.2) is 0 Å². The van der Waals surface area contributed by atoms with E-state index in [4.69, 9.17) is 44.2 Å².